The highest BCUT2D eigenvalue weighted by Gasteiger charge is 2.33. The van der Waals surface area contributed by atoms with Crippen molar-refractivity contribution >= 4 is 29.3 Å². The lowest BCUT2D eigenvalue weighted by Crippen LogP contribution is -2.27. The predicted octanol–water partition coefficient (Wildman–Crippen LogP) is 4.61. The van der Waals surface area contributed by atoms with Crippen molar-refractivity contribution in [2.24, 2.45) is 0 Å². The lowest BCUT2D eigenvalue weighted by Gasteiger charge is -2.23. The largest absolute Gasteiger partial charge is 0.467 e. The lowest BCUT2D eigenvalue weighted by atomic mass is 10.1. The van der Waals surface area contributed by atoms with Gasteiger partial charge in [-0.15, -0.1) is 11.8 Å². The molecule has 2 aromatic carbocycles. The smallest absolute Gasteiger partial charge is 0.255 e. The van der Waals surface area contributed by atoms with E-state index in [1.54, 1.807) is 30.2 Å². The van der Waals surface area contributed by atoms with Crippen LogP contribution in [0.1, 0.15) is 32.6 Å². The van der Waals surface area contributed by atoms with E-state index in [2.05, 4.69) is 5.32 Å². The van der Waals surface area contributed by atoms with Crippen molar-refractivity contribution in [2.75, 3.05) is 11.1 Å². The first-order valence-electron chi connectivity index (χ1n) is 9.01. The molecule has 1 N–H and O–H groups in total. The van der Waals surface area contributed by atoms with Gasteiger partial charge in [0.25, 0.3) is 5.91 Å². The standard InChI is InChI=1S/C22H20N2O3S/c1-15-4-10-18(11-5-15)23-21(26)16-6-8-17(9-7-16)22-24(20(25)14-28-22)13-19-3-2-12-27-19/h2-12,22H,13-14H2,1H3,(H,23,26)/t22-/m0/s1. The first-order chi connectivity index (χ1) is 13.6. The zero-order valence-electron chi connectivity index (χ0n) is 15.4. The van der Waals surface area contributed by atoms with Gasteiger partial charge in [-0.3, -0.25) is 9.59 Å². The maximum atomic E-state index is 12.5. The van der Waals surface area contributed by atoms with Gasteiger partial charge < -0.3 is 14.6 Å². The Labute approximate surface area is 167 Å². The molecular formula is C22H20N2O3S. The summed E-state index contributed by atoms with van der Waals surface area (Å²) in [6.45, 7) is 2.45. The Bertz CT molecular complexity index is 966. The minimum atomic E-state index is -0.155. The summed E-state index contributed by atoms with van der Waals surface area (Å²) in [6.07, 6.45) is 1.61. The number of nitrogens with one attached hydrogen (secondary N) is 1. The third kappa shape index (κ3) is 3.97. The highest BCUT2D eigenvalue weighted by Crippen LogP contribution is 2.39. The molecule has 1 atom stereocenters. The van der Waals surface area contributed by atoms with Crippen molar-refractivity contribution in [2.45, 2.75) is 18.8 Å². The van der Waals surface area contributed by atoms with Crippen LogP contribution in [0.2, 0.25) is 0 Å². The molecule has 3 aromatic rings. The van der Waals surface area contributed by atoms with Gasteiger partial charge in [0.1, 0.15) is 11.1 Å². The number of carbonyl (C=O) groups is 2. The van der Waals surface area contributed by atoms with Crippen LogP contribution in [0, 0.1) is 6.92 Å². The maximum absolute atomic E-state index is 12.5. The molecule has 1 aromatic heterocycles. The predicted molar refractivity (Wildman–Crippen MR) is 110 cm³/mol. The molecule has 142 valence electrons. The molecule has 0 unspecified atom stereocenters. The van der Waals surface area contributed by atoms with Crippen molar-refractivity contribution in [1.29, 1.82) is 0 Å². The van der Waals surface area contributed by atoms with Gasteiger partial charge in [-0.2, -0.15) is 0 Å². The van der Waals surface area contributed by atoms with Crippen molar-refractivity contribution < 1.29 is 14.0 Å². The molecule has 1 aliphatic rings. The summed E-state index contributed by atoms with van der Waals surface area (Å²) in [5.74, 6) is 1.14. The molecule has 5 nitrogen and oxygen atoms in total. The van der Waals surface area contributed by atoms with Crippen molar-refractivity contribution in [3.63, 3.8) is 0 Å². The van der Waals surface area contributed by atoms with Gasteiger partial charge in [-0.1, -0.05) is 29.8 Å². The van der Waals surface area contributed by atoms with Crippen LogP contribution in [-0.4, -0.2) is 22.5 Å². The second kappa shape index (κ2) is 7.94. The molecule has 28 heavy (non-hydrogen) atoms. The highest BCUT2D eigenvalue weighted by atomic mass is 32.2. The van der Waals surface area contributed by atoms with E-state index in [4.69, 9.17) is 4.42 Å². The molecule has 1 fully saturated rings. The van der Waals surface area contributed by atoms with Crippen LogP contribution in [-0.2, 0) is 11.3 Å². The molecule has 0 radical (unpaired) electrons. The summed E-state index contributed by atoms with van der Waals surface area (Å²) >= 11 is 1.59. The van der Waals surface area contributed by atoms with Crippen LogP contribution < -0.4 is 5.32 Å². The fourth-order valence-electron chi connectivity index (χ4n) is 3.11. The van der Waals surface area contributed by atoms with E-state index in [1.807, 2.05) is 60.4 Å². The molecule has 1 saturated heterocycles. The van der Waals surface area contributed by atoms with Crippen LogP contribution in [0.25, 0.3) is 0 Å². The summed E-state index contributed by atoms with van der Waals surface area (Å²) < 4.78 is 5.39. The molecule has 4 rings (SSSR count). The number of nitrogens with zero attached hydrogens (tertiary/aromatic N) is 1. The molecule has 0 bridgehead atoms. The Hall–Kier alpha value is -2.99. The summed E-state index contributed by atoms with van der Waals surface area (Å²) in [4.78, 5) is 26.6. The molecule has 2 amide bonds. The minimum Gasteiger partial charge on any atom is -0.467 e. The third-order valence-electron chi connectivity index (χ3n) is 4.64. The van der Waals surface area contributed by atoms with E-state index >= 15 is 0 Å². The normalized spacial score (nSPS) is 16.4. The number of benzene rings is 2. The molecule has 0 aliphatic carbocycles. The summed E-state index contributed by atoms with van der Waals surface area (Å²) in [7, 11) is 0. The maximum Gasteiger partial charge on any atom is 0.255 e. The average molecular weight is 392 g/mol. The van der Waals surface area contributed by atoms with Crippen LogP contribution >= 0.6 is 11.8 Å². The number of rotatable bonds is 5. The number of amides is 2. The zero-order chi connectivity index (χ0) is 19.5. The average Bonchev–Trinajstić information content (AvgIpc) is 3.35. The Balaban J connectivity index is 1.46. The van der Waals surface area contributed by atoms with Crippen molar-refractivity contribution in [3.05, 3.63) is 89.4 Å². The van der Waals surface area contributed by atoms with Gasteiger partial charge in [-0.25, -0.2) is 0 Å². The number of thioether (sulfide) groups is 1. The van der Waals surface area contributed by atoms with E-state index in [0.717, 1.165) is 22.6 Å². The quantitative estimate of drug-likeness (QED) is 0.688. The Morgan fingerprint density at radius 3 is 2.57 bits per heavy atom. The van der Waals surface area contributed by atoms with Crippen LogP contribution in [0.3, 0.4) is 0 Å². The number of anilines is 1. The fraction of sp³-hybridized carbons (Fsp3) is 0.182. The van der Waals surface area contributed by atoms with E-state index in [9.17, 15) is 9.59 Å². The highest BCUT2D eigenvalue weighted by molar-refractivity contribution is 8.00. The number of aryl methyl sites for hydroxylation is 1. The van der Waals surface area contributed by atoms with Gasteiger partial charge in [-0.05, 0) is 48.9 Å². The monoisotopic (exact) mass is 392 g/mol. The Morgan fingerprint density at radius 1 is 1.14 bits per heavy atom. The topological polar surface area (TPSA) is 62.6 Å². The van der Waals surface area contributed by atoms with Crippen molar-refractivity contribution in [1.82, 2.24) is 4.90 Å². The van der Waals surface area contributed by atoms with E-state index in [-0.39, 0.29) is 17.2 Å². The molecule has 1 aliphatic heterocycles. The van der Waals surface area contributed by atoms with Crippen LogP contribution in [0.4, 0.5) is 5.69 Å². The van der Waals surface area contributed by atoms with Gasteiger partial charge >= 0.3 is 0 Å². The first kappa shape index (κ1) is 18.4. The molecule has 0 spiro atoms. The summed E-state index contributed by atoms with van der Waals surface area (Å²) in [5.41, 5.74) is 3.48. The van der Waals surface area contributed by atoms with Gasteiger partial charge in [0.15, 0.2) is 0 Å². The number of hydrogen-bond donors (Lipinski definition) is 1. The number of furan rings is 1. The molecular weight excluding hydrogens is 372 g/mol. The SMILES string of the molecule is Cc1ccc(NC(=O)c2ccc([C@@H]3SCC(=O)N3Cc3ccco3)cc2)cc1. The van der Waals surface area contributed by atoms with Gasteiger partial charge in [0.2, 0.25) is 5.91 Å². The second-order valence-corrected chi connectivity index (χ2v) is 7.78. The first-order valence-corrected chi connectivity index (χ1v) is 10.1. The summed E-state index contributed by atoms with van der Waals surface area (Å²) in [5, 5.41) is 2.82. The molecule has 0 saturated carbocycles. The number of carbonyl (C=O) groups excluding carboxylic acids is 2. The van der Waals surface area contributed by atoms with Crippen LogP contribution in [0.15, 0.2) is 71.3 Å². The Morgan fingerprint density at radius 2 is 1.89 bits per heavy atom. The van der Waals surface area contributed by atoms with Gasteiger partial charge in [0, 0.05) is 11.3 Å². The van der Waals surface area contributed by atoms with E-state index < -0.39 is 0 Å². The van der Waals surface area contributed by atoms with Gasteiger partial charge in [0.05, 0.1) is 18.6 Å². The second-order valence-electron chi connectivity index (χ2n) is 6.71. The van der Waals surface area contributed by atoms with E-state index in [1.165, 1.54) is 0 Å². The minimum absolute atomic E-state index is 0.0770. The fourth-order valence-corrected chi connectivity index (χ4v) is 4.30. The molecule has 2 heterocycles. The van der Waals surface area contributed by atoms with E-state index in [0.29, 0.717) is 17.9 Å². The lowest BCUT2D eigenvalue weighted by molar-refractivity contribution is -0.128. The Kier molecular flexibility index (Phi) is 5.21. The van der Waals surface area contributed by atoms with Crippen LogP contribution in [0.5, 0.6) is 0 Å². The summed E-state index contributed by atoms with van der Waals surface area (Å²) in [6, 6.07) is 18.8. The molecule has 6 heteroatoms. The van der Waals surface area contributed by atoms with Crippen molar-refractivity contribution in [3.8, 4) is 0 Å². The third-order valence-corrected chi connectivity index (χ3v) is 5.90. The number of hydrogen-bond acceptors (Lipinski definition) is 4. The zero-order valence-corrected chi connectivity index (χ0v) is 16.2.